The quantitative estimate of drug-likeness (QED) is 0.774. The molecule has 2 rings (SSSR count). The second-order valence-electron chi connectivity index (χ2n) is 4.78. The molecule has 0 heterocycles. The summed E-state index contributed by atoms with van der Waals surface area (Å²) < 4.78 is 18.8. The average molecular weight is 308 g/mol. The number of halogens is 2. The first-order valence-corrected chi connectivity index (χ1v) is 7.43. The molecule has 21 heavy (non-hydrogen) atoms. The summed E-state index contributed by atoms with van der Waals surface area (Å²) >= 11 is 5.63. The summed E-state index contributed by atoms with van der Waals surface area (Å²) in [4.78, 5) is 0. The summed E-state index contributed by atoms with van der Waals surface area (Å²) in [7, 11) is 0. The zero-order valence-electron chi connectivity index (χ0n) is 12.0. The van der Waals surface area contributed by atoms with Crippen molar-refractivity contribution in [1.29, 1.82) is 0 Å². The van der Waals surface area contributed by atoms with Gasteiger partial charge in [-0.2, -0.15) is 0 Å². The molecule has 2 nitrogen and oxygen atoms in total. The maximum Gasteiger partial charge on any atom is 0.145 e. The molecule has 2 aromatic carbocycles. The van der Waals surface area contributed by atoms with Gasteiger partial charge in [0.1, 0.15) is 18.2 Å². The molecule has 0 unspecified atom stereocenters. The monoisotopic (exact) mass is 307 g/mol. The van der Waals surface area contributed by atoms with E-state index in [1.165, 1.54) is 17.7 Å². The van der Waals surface area contributed by atoms with Crippen molar-refractivity contribution >= 4 is 11.6 Å². The number of likely N-dealkylation sites (N-methyl/N-ethyl adjacent to an activating group) is 1. The van der Waals surface area contributed by atoms with Crippen LogP contribution in [-0.2, 0) is 13.0 Å². The first kappa shape index (κ1) is 15.8. The molecule has 1 N–H and O–H groups in total. The standard InChI is InChI=1S/C17H19ClFNO/c1-2-20-10-9-13-3-5-14(6-4-13)12-21-15-7-8-16(18)17(19)11-15/h3-8,11,20H,2,9-10,12H2,1H3. The maximum atomic E-state index is 13.3. The Labute approximate surface area is 129 Å². The van der Waals surface area contributed by atoms with Crippen molar-refractivity contribution in [3.63, 3.8) is 0 Å². The Hall–Kier alpha value is -1.58. The van der Waals surface area contributed by atoms with Gasteiger partial charge in [0.05, 0.1) is 5.02 Å². The van der Waals surface area contributed by atoms with Crippen LogP contribution in [0.1, 0.15) is 18.1 Å². The van der Waals surface area contributed by atoms with Crippen molar-refractivity contribution in [2.24, 2.45) is 0 Å². The van der Waals surface area contributed by atoms with Crippen LogP contribution in [0.25, 0.3) is 0 Å². The van der Waals surface area contributed by atoms with Crippen molar-refractivity contribution in [2.45, 2.75) is 20.0 Å². The van der Waals surface area contributed by atoms with Crippen LogP contribution < -0.4 is 10.1 Å². The normalized spacial score (nSPS) is 10.6. The topological polar surface area (TPSA) is 21.3 Å². The highest BCUT2D eigenvalue weighted by Crippen LogP contribution is 2.21. The van der Waals surface area contributed by atoms with Gasteiger partial charge in [0, 0.05) is 6.07 Å². The van der Waals surface area contributed by atoms with E-state index < -0.39 is 5.82 Å². The predicted octanol–water partition coefficient (Wildman–Crippen LogP) is 4.21. The molecule has 112 valence electrons. The largest absolute Gasteiger partial charge is 0.489 e. The summed E-state index contributed by atoms with van der Waals surface area (Å²) in [6.45, 7) is 4.48. The molecule has 0 atom stereocenters. The number of rotatable bonds is 7. The lowest BCUT2D eigenvalue weighted by Gasteiger charge is -2.08. The van der Waals surface area contributed by atoms with E-state index in [0.717, 1.165) is 25.1 Å². The van der Waals surface area contributed by atoms with Gasteiger partial charge < -0.3 is 10.1 Å². The molecule has 0 fully saturated rings. The van der Waals surface area contributed by atoms with Gasteiger partial charge in [-0.05, 0) is 42.8 Å². The van der Waals surface area contributed by atoms with Crippen molar-refractivity contribution in [3.8, 4) is 5.75 Å². The lowest BCUT2D eigenvalue weighted by atomic mass is 10.1. The number of hydrogen-bond donors (Lipinski definition) is 1. The fourth-order valence-electron chi connectivity index (χ4n) is 1.94. The molecular weight excluding hydrogens is 289 g/mol. The first-order valence-electron chi connectivity index (χ1n) is 7.05. The molecular formula is C17H19ClFNO. The Bertz CT molecular complexity index is 572. The lowest BCUT2D eigenvalue weighted by Crippen LogP contribution is -2.15. The van der Waals surface area contributed by atoms with E-state index in [4.69, 9.17) is 16.3 Å². The van der Waals surface area contributed by atoms with Gasteiger partial charge in [-0.1, -0.05) is 42.8 Å². The molecule has 0 amide bonds. The van der Waals surface area contributed by atoms with Crippen molar-refractivity contribution in [2.75, 3.05) is 13.1 Å². The van der Waals surface area contributed by atoms with Crippen molar-refractivity contribution in [1.82, 2.24) is 5.32 Å². The Morgan fingerprint density at radius 3 is 2.48 bits per heavy atom. The minimum atomic E-state index is -0.465. The van der Waals surface area contributed by atoms with Gasteiger partial charge in [-0.3, -0.25) is 0 Å². The third-order valence-electron chi connectivity index (χ3n) is 3.16. The minimum Gasteiger partial charge on any atom is -0.489 e. The summed E-state index contributed by atoms with van der Waals surface area (Å²) in [5, 5.41) is 3.40. The summed E-state index contributed by atoms with van der Waals surface area (Å²) in [5.74, 6) is 0.0149. The highest BCUT2D eigenvalue weighted by molar-refractivity contribution is 6.30. The van der Waals surface area contributed by atoms with Crippen LogP contribution in [0.15, 0.2) is 42.5 Å². The Morgan fingerprint density at radius 1 is 1.10 bits per heavy atom. The van der Waals surface area contributed by atoms with Crippen molar-refractivity contribution < 1.29 is 9.13 Å². The summed E-state index contributed by atoms with van der Waals surface area (Å²) in [6.07, 6.45) is 1.01. The predicted molar refractivity (Wildman–Crippen MR) is 84.4 cm³/mol. The highest BCUT2D eigenvalue weighted by Gasteiger charge is 2.02. The second kappa shape index (κ2) is 8.01. The lowest BCUT2D eigenvalue weighted by molar-refractivity contribution is 0.304. The van der Waals surface area contributed by atoms with Crippen LogP contribution in [0.5, 0.6) is 5.75 Å². The van der Waals surface area contributed by atoms with Crippen LogP contribution in [0.4, 0.5) is 4.39 Å². The molecule has 0 aromatic heterocycles. The maximum absolute atomic E-state index is 13.3. The second-order valence-corrected chi connectivity index (χ2v) is 5.19. The molecule has 0 aliphatic rings. The number of benzene rings is 2. The Balaban J connectivity index is 1.86. The van der Waals surface area contributed by atoms with E-state index in [1.54, 1.807) is 6.07 Å². The molecule has 2 aromatic rings. The van der Waals surface area contributed by atoms with Gasteiger partial charge in [0.25, 0.3) is 0 Å². The van der Waals surface area contributed by atoms with E-state index in [9.17, 15) is 4.39 Å². The summed E-state index contributed by atoms with van der Waals surface area (Å²) in [6, 6.07) is 12.7. The van der Waals surface area contributed by atoms with Crippen LogP contribution in [-0.4, -0.2) is 13.1 Å². The first-order chi connectivity index (χ1) is 10.2. The van der Waals surface area contributed by atoms with E-state index >= 15 is 0 Å². The molecule has 0 saturated heterocycles. The SMILES string of the molecule is CCNCCc1ccc(COc2ccc(Cl)c(F)c2)cc1. The number of ether oxygens (including phenoxy) is 1. The smallest absolute Gasteiger partial charge is 0.145 e. The van der Waals surface area contributed by atoms with Gasteiger partial charge in [0.2, 0.25) is 0 Å². The molecule has 0 bridgehead atoms. The van der Waals surface area contributed by atoms with Gasteiger partial charge in [-0.15, -0.1) is 0 Å². The fraction of sp³-hybridized carbons (Fsp3) is 0.294. The van der Waals surface area contributed by atoms with Crippen LogP contribution in [0.2, 0.25) is 5.02 Å². The van der Waals surface area contributed by atoms with Gasteiger partial charge >= 0.3 is 0 Å². The molecule has 0 radical (unpaired) electrons. The summed E-state index contributed by atoms with van der Waals surface area (Å²) in [5.41, 5.74) is 2.34. The number of hydrogen-bond acceptors (Lipinski definition) is 2. The zero-order valence-corrected chi connectivity index (χ0v) is 12.8. The van der Waals surface area contributed by atoms with Crippen LogP contribution in [0.3, 0.4) is 0 Å². The highest BCUT2D eigenvalue weighted by atomic mass is 35.5. The molecule has 0 saturated carbocycles. The van der Waals surface area contributed by atoms with Crippen LogP contribution in [0, 0.1) is 5.82 Å². The minimum absolute atomic E-state index is 0.104. The van der Waals surface area contributed by atoms with E-state index in [0.29, 0.717) is 12.4 Å². The Morgan fingerprint density at radius 2 is 1.81 bits per heavy atom. The Kier molecular flexibility index (Phi) is 6.03. The number of nitrogens with one attached hydrogen (secondary N) is 1. The molecule has 4 heteroatoms. The van der Waals surface area contributed by atoms with E-state index in [1.807, 2.05) is 12.1 Å². The third kappa shape index (κ3) is 5.03. The van der Waals surface area contributed by atoms with Crippen molar-refractivity contribution in [3.05, 3.63) is 64.4 Å². The van der Waals surface area contributed by atoms with Gasteiger partial charge in [0.15, 0.2) is 0 Å². The van der Waals surface area contributed by atoms with E-state index in [-0.39, 0.29) is 5.02 Å². The van der Waals surface area contributed by atoms with E-state index in [2.05, 4.69) is 24.4 Å². The molecule has 0 aliphatic carbocycles. The zero-order chi connectivity index (χ0) is 15.1. The molecule has 0 spiro atoms. The average Bonchev–Trinajstić information content (AvgIpc) is 2.50. The molecule has 0 aliphatic heterocycles. The third-order valence-corrected chi connectivity index (χ3v) is 3.47. The van der Waals surface area contributed by atoms with Crippen LogP contribution >= 0.6 is 11.6 Å². The fourth-order valence-corrected chi connectivity index (χ4v) is 2.06. The van der Waals surface area contributed by atoms with Gasteiger partial charge in [-0.25, -0.2) is 4.39 Å².